The van der Waals surface area contributed by atoms with E-state index in [1.54, 1.807) is 30.3 Å². The first-order valence-electron chi connectivity index (χ1n) is 20.8. The van der Waals surface area contributed by atoms with Gasteiger partial charge in [-0.3, -0.25) is 0 Å². The van der Waals surface area contributed by atoms with Gasteiger partial charge in [0.15, 0.2) is 0 Å². The lowest BCUT2D eigenvalue weighted by Crippen LogP contribution is -2.16. The number of nitrogen functional groups attached to an aromatic ring is 7. The number of hydrogen-bond donors (Lipinski definition) is 7. The van der Waals surface area contributed by atoms with Crippen molar-refractivity contribution in [3.63, 3.8) is 0 Å². The zero-order valence-electron chi connectivity index (χ0n) is 38.6. The summed E-state index contributed by atoms with van der Waals surface area (Å²) >= 11 is 0. The van der Waals surface area contributed by atoms with Crippen LogP contribution in [0.1, 0.15) is 22.3 Å². The Hall–Kier alpha value is -8.89. The highest BCUT2D eigenvalue weighted by molar-refractivity contribution is 5.48. The highest BCUT2D eigenvalue weighted by atomic mass is 19.4. The maximum Gasteiger partial charge on any atom is 0.417 e. The van der Waals surface area contributed by atoms with E-state index in [-0.39, 0.29) is 40.6 Å². The molecule has 0 unspecified atom stereocenters. The molecule has 0 radical (unpaired) electrons. The maximum absolute atomic E-state index is 12.2. The van der Waals surface area contributed by atoms with Gasteiger partial charge in [-0.2, -0.15) is 52.7 Å². The van der Waals surface area contributed by atoms with E-state index in [0.29, 0.717) is 28.8 Å². The van der Waals surface area contributed by atoms with Gasteiger partial charge in [-0.05, 0) is 140 Å². The standard InChI is InChI=1S/C12H11NO.C8H5F6N.2C7H6F3N.3C6H6FN/c13-10-5-4-8-12(9-10)14-11-6-2-1-3-7-11;9-7(10,11)5-2-1-4(15)3-6(5)8(12,13)14;8-7(9,10)5-1-3-6(11)4-2-5;8-7(9,10)5-2-1-3-6(11)4-5;7-5-1-3-6(8)4-2-5;7-5-2-1-3-6(8)4-5;7-5-3-1-2-4-6(5)8/h1-9H,13H2;1-3H,15H2;2*1-4H,11H2;3*1-4H,8H2. The zero-order chi connectivity index (χ0) is 56.6. The number of benzene rings is 8. The molecule has 0 atom stereocenters. The maximum atomic E-state index is 12.2. The van der Waals surface area contributed by atoms with E-state index in [9.17, 15) is 65.9 Å². The van der Waals surface area contributed by atoms with Crippen molar-refractivity contribution < 1.29 is 70.6 Å². The van der Waals surface area contributed by atoms with E-state index in [2.05, 4.69) is 0 Å². The summed E-state index contributed by atoms with van der Waals surface area (Å²) < 4.78 is 186. The SMILES string of the molecule is Nc1ccc(C(F)(F)F)c(C(F)(F)F)c1.Nc1ccc(C(F)(F)F)cc1.Nc1ccc(F)cc1.Nc1cccc(C(F)(F)F)c1.Nc1cccc(F)c1.Nc1cccc(Oc2ccccc2)c1.Nc1ccccc1F. The van der Waals surface area contributed by atoms with Gasteiger partial charge < -0.3 is 44.9 Å². The molecule has 0 spiro atoms. The molecule has 8 aromatic carbocycles. The van der Waals surface area contributed by atoms with Gasteiger partial charge >= 0.3 is 24.7 Å². The van der Waals surface area contributed by atoms with Crippen LogP contribution in [0.5, 0.6) is 11.5 Å². The number of hydrogen-bond acceptors (Lipinski definition) is 8. The molecule has 0 fully saturated rings. The molecule has 23 heteroatoms. The third-order valence-electron chi connectivity index (χ3n) is 8.57. The van der Waals surface area contributed by atoms with E-state index in [1.807, 2.05) is 48.5 Å². The Labute approximate surface area is 419 Å². The first-order chi connectivity index (χ1) is 34.8. The molecule has 0 saturated heterocycles. The van der Waals surface area contributed by atoms with E-state index in [4.69, 9.17) is 44.9 Å². The average Bonchev–Trinajstić information content (AvgIpc) is 3.31. The van der Waals surface area contributed by atoms with Crippen molar-refractivity contribution in [3.05, 3.63) is 234 Å². The van der Waals surface area contributed by atoms with Gasteiger partial charge in [0, 0.05) is 40.2 Å². The number of halogens is 15. The van der Waals surface area contributed by atoms with Crippen LogP contribution < -0.4 is 44.9 Å². The molecule has 0 bridgehead atoms. The van der Waals surface area contributed by atoms with Gasteiger partial charge in [0.2, 0.25) is 0 Å². The molecular formula is C52H46F15N7O. The van der Waals surface area contributed by atoms with Crippen LogP contribution in [0.25, 0.3) is 0 Å². The average molecular weight is 1070 g/mol. The first kappa shape index (κ1) is 62.2. The van der Waals surface area contributed by atoms with Crippen LogP contribution in [0.4, 0.5) is 106 Å². The Morgan fingerprint density at radius 3 is 1.11 bits per heavy atom. The van der Waals surface area contributed by atoms with Crippen molar-refractivity contribution in [3.8, 4) is 11.5 Å². The summed E-state index contributed by atoms with van der Waals surface area (Å²) in [4.78, 5) is 0. The zero-order valence-corrected chi connectivity index (χ0v) is 38.6. The lowest BCUT2D eigenvalue weighted by molar-refractivity contribution is -0.162. The molecular weight excluding hydrogens is 1020 g/mol. The number of para-hydroxylation sites is 2. The predicted octanol–water partition coefficient (Wildman–Crippen LogP) is 15.2. The van der Waals surface area contributed by atoms with Gasteiger partial charge in [-0.1, -0.05) is 48.5 Å². The Balaban J connectivity index is 0.000000303. The van der Waals surface area contributed by atoms with Crippen molar-refractivity contribution in [2.75, 3.05) is 40.1 Å². The number of alkyl halides is 12. The Morgan fingerprint density at radius 1 is 0.280 bits per heavy atom. The minimum absolute atomic E-state index is 0.125. The molecule has 8 nitrogen and oxygen atoms in total. The van der Waals surface area contributed by atoms with Crippen LogP contribution in [0.3, 0.4) is 0 Å². The number of ether oxygens (including phenoxy) is 1. The van der Waals surface area contributed by atoms with Gasteiger partial charge in [0.25, 0.3) is 0 Å². The van der Waals surface area contributed by atoms with E-state index in [1.165, 1.54) is 72.8 Å². The molecule has 0 aliphatic carbocycles. The molecule has 8 aromatic rings. The largest absolute Gasteiger partial charge is 0.457 e. The van der Waals surface area contributed by atoms with Crippen LogP contribution in [-0.4, -0.2) is 0 Å². The summed E-state index contributed by atoms with van der Waals surface area (Å²) in [5.74, 6) is 0.686. The van der Waals surface area contributed by atoms with Gasteiger partial charge in [-0.25, -0.2) is 13.2 Å². The number of nitrogens with two attached hydrogens (primary N) is 7. The van der Waals surface area contributed by atoms with E-state index < -0.39 is 47.0 Å². The Bertz CT molecular complexity index is 2860. The predicted molar refractivity (Wildman–Crippen MR) is 262 cm³/mol. The minimum Gasteiger partial charge on any atom is -0.457 e. The van der Waals surface area contributed by atoms with E-state index >= 15 is 0 Å². The Kier molecular flexibility index (Phi) is 24.0. The molecule has 75 heavy (non-hydrogen) atoms. The number of rotatable bonds is 2. The molecule has 0 amide bonds. The second kappa shape index (κ2) is 29.0. The van der Waals surface area contributed by atoms with Gasteiger partial charge in [0.05, 0.1) is 27.9 Å². The topological polar surface area (TPSA) is 191 Å². The molecule has 400 valence electrons. The summed E-state index contributed by atoms with van der Waals surface area (Å²) in [5, 5.41) is 0. The third kappa shape index (κ3) is 25.4. The molecule has 0 saturated carbocycles. The Morgan fingerprint density at radius 2 is 0.707 bits per heavy atom. The summed E-state index contributed by atoms with van der Waals surface area (Å²) in [6.07, 6.45) is -18.7. The highest BCUT2D eigenvalue weighted by Gasteiger charge is 2.43. The third-order valence-corrected chi connectivity index (χ3v) is 8.57. The molecule has 0 aliphatic rings. The molecule has 8 rings (SSSR count). The highest BCUT2D eigenvalue weighted by Crippen LogP contribution is 2.41. The van der Waals surface area contributed by atoms with Gasteiger partial charge in [-0.15, -0.1) is 0 Å². The second-order valence-electron chi connectivity index (χ2n) is 14.7. The summed E-state index contributed by atoms with van der Waals surface area (Å²) in [6, 6.07) is 45.0. The van der Waals surface area contributed by atoms with Crippen molar-refractivity contribution in [2.45, 2.75) is 24.7 Å². The van der Waals surface area contributed by atoms with Crippen LogP contribution in [0, 0.1) is 17.5 Å². The summed E-state index contributed by atoms with van der Waals surface area (Å²) in [6.45, 7) is 0. The van der Waals surface area contributed by atoms with Crippen LogP contribution in [0.15, 0.2) is 194 Å². The smallest absolute Gasteiger partial charge is 0.417 e. The van der Waals surface area contributed by atoms with Crippen molar-refractivity contribution in [1.29, 1.82) is 0 Å². The van der Waals surface area contributed by atoms with Crippen LogP contribution in [-0.2, 0) is 24.7 Å². The van der Waals surface area contributed by atoms with Crippen molar-refractivity contribution in [1.82, 2.24) is 0 Å². The summed E-state index contributed by atoms with van der Waals surface area (Å²) in [5.41, 5.74) is 33.8. The van der Waals surface area contributed by atoms with Crippen molar-refractivity contribution in [2.24, 2.45) is 0 Å². The normalized spacial score (nSPS) is 10.7. The molecule has 0 aromatic heterocycles. The summed E-state index contributed by atoms with van der Waals surface area (Å²) in [7, 11) is 0. The molecule has 14 N–H and O–H groups in total. The van der Waals surface area contributed by atoms with E-state index in [0.717, 1.165) is 41.8 Å². The van der Waals surface area contributed by atoms with Crippen molar-refractivity contribution >= 4 is 39.8 Å². The van der Waals surface area contributed by atoms with Gasteiger partial charge in [0.1, 0.15) is 29.0 Å². The monoisotopic (exact) mass is 1070 g/mol. The second-order valence-corrected chi connectivity index (χ2v) is 14.7. The lowest BCUT2D eigenvalue weighted by atomic mass is 10.1. The number of anilines is 7. The minimum atomic E-state index is -5.07. The van der Waals surface area contributed by atoms with Crippen LogP contribution >= 0.6 is 0 Å². The lowest BCUT2D eigenvalue weighted by Gasteiger charge is -2.15. The van der Waals surface area contributed by atoms with Crippen LogP contribution in [0.2, 0.25) is 0 Å². The molecule has 0 heterocycles. The fourth-order valence-electron chi connectivity index (χ4n) is 5.08. The first-order valence-corrected chi connectivity index (χ1v) is 20.8. The fraction of sp³-hybridized carbons (Fsp3) is 0.0769. The quantitative estimate of drug-likeness (QED) is 0.0657. The fourth-order valence-corrected chi connectivity index (χ4v) is 5.08. The molecule has 0 aliphatic heterocycles.